The molecule has 0 saturated carbocycles. The molecule has 0 N–H and O–H groups in total. The Morgan fingerprint density at radius 1 is 1.11 bits per heavy atom. The van der Waals surface area contributed by atoms with E-state index in [1.165, 1.54) is 9.80 Å². The monoisotopic (exact) mass is 388 g/mol. The van der Waals surface area contributed by atoms with Crippen molar-refractivity contribution in [2.75, 3.05) is 20.4 Å². The lowest BCUT2D eigenvalue weighted by Gasteiger charge is -2.41. The van der Waals surface area contributed by atoms with Crippen molar-refractivity contribution < 1.29 is 23.9 Å². The van der Waals surface area contributed by atoms with Gasteiger partial charge in [-0.05, 0) is 40.2 Å². The van der Waals surface area contributed by atoms with Gasteiger partial charge in [-0.2, -0.15) is 0 Å². The van der Waals surface area contributed by atoms with Crippen molar-refractivity contribution in [1.29, 1.82) is 0 Å². The molecule has 1 aromatic rings. The van der Waals surface area contributed by atoms with Gasteiger partial charge in [-0.1, -0.05) is 30.3 Å². The van der Waals surface area contributed by atoms with Crippen molar-refractivity contribution in [2.24, 2.45) is 5.41 Å². The van der Waals surface area contributed by atoms with Crippen LogP contribution in [0.25, 0.3) is 0 Å². The first-order chi connectivity index (χ1) is 13.1. The Bertz CT molecular complexity index is 780. The third-order valence-electron chi connectivity index (χ3n) is 4.57. The summed E-state index contributed by atoms with van der Waals surface area (Å²) in [5.41, 5.74) is 0.888. The fraction of sp³-hybridized carbons (Fsp3) is 0.476. The zero-order valence-corrected chi connectivity index (χ0v) is 17.3. The maximum atomic E-state index is 13.0. The molecule has 0 aromatic heterocycles. The van der Waals surface area contributed by atoms with Gasteiger partial charge in [-0.25, -0.2) is 9.59 Å². The van der Waals surface area contributed by atoms with Crippen LogP contribution in [0.5, 0.6) is 0 Å². The quantitative estimate of drug-likeness (QED) is 0.722. The van der Waals surface area contributed by atoms with Gasteiger partial charge < -0.3 is 14.4 Å². The van der Waals surface area contributed by atoms with Crippen LogP contribution in [-0.2, 0) is 19.1 Å². The Hall–Kier alpha value is -2.83. The molecular formula is C21H28N2O5. The third kappa shape index (κ3) is 4.35. The van der Waals surface area contributed by atoms with Crippen molar-refractivity contribution in [3.8, 4) is 0 Å². The summed E-state index contributed by atoms with van der Waals surface area (Å²) in [6.45, 7) is 8.60. The molecule has 1 aliphatic heterocycles. The molecule has 0 bridgehead atoms. The SMILES string of the molecule is CCOC(=O)C1=C(C)N(C)C(=O)N(COC(=O)C(C)(C)C)C1c1ccccc1. The lowest BCUT2D eigenvalue weighted by atomic mass is 9.93. The number of esters is 2. The molecule has 1 unspecified atom stereocenters. The number of allylic oxidation sites excluding steroid dienone is 1. The van der Waals surface area contributed by atoms with Crippen LogP contribution in [0.2, 0.25) is 0 Å². The van der Waals surface area contributed by atoms with Crippen LogP contribution in [0.15, 0.2) is 41.6 Å². The van der Waals surface area contributed by atoms with Gasteiger partial charge in [0, 0.05) is 12.7 Å². The molecule has 28 heavy (non-hydrogen) atoms. The normalized spacial score (nSPS) is 17.6. The molecule has 1 atom stereocenters. The average molecular weight is 388 g/mol. The summed E-state index contributed by atoms with van der Waals surface area (Å²) in [6, 6.07) is 8.09. The van der Waals surface area contributed by atoms with Crippen LogP contribution < -0.4 is 0 Å². The second-order valence-corrected chi connectivity index (χ2v) is 7.66. The van der Waals surface area contributed by atoms with E-state index in [1.54, 1.807) is 41.7 Å². The highest BCUT2D eigenvalue weighted by Crippen LogP contribution is 2.37. The van der Waals surface area contributed by atoms with Crippen molar-refractivity contribution in [2.45, 2.75) is 40.7 Å². The lowest BCUT2D eigenvalue weighted by molar-refractivity contribution is -0.157. The summed E-state index contributed by atoms with van der Waals surface area (Å²) < 4.78 is 10.7. The summed E-state index contributed by atoms with van der Waals surface area (Å²) in [5, 5.41) is 0. The molecule has 2 rings (SSSR count). The smallest absolute Gasteiger partial charge is 0.338 e. The van der Waals surface area contributed by atoms with Crippen LogP contribution in [0.3, 0.4) is 0 Å². The zero-order valence-electron chi connectivity index (χ0n) is 17.3. The van der Waals surface area contributed by atoms with Crippen LogP contribution >= 0.6 is 0 Å². The minimum Gasteiger partial charge on any atom is -0.463 e. The average Bonchev–Trinajstić information content (AvgIpc) is 2.64. The van der Waals surface area contributed by atoms with E-state index in [-0.39, 0.29) is 19.4 Å². The number of carbonyl (C=O) groups excluding carboxylic acids is 3. The molecule has 0 spiro atoms. The zero-order chi connectivity index (χ0) is 21.1. The summed E-state index contributed by atoms with van der Waals surface area (Å²) in [5.74, 6) is -0.931. The van der Waals surface area contributed by atoms with E-state index in [0.29, 0.717) is 11.3 Å². The first-order valence-electron chi connectivity index (χ1n) is 9.24. The van der Waals surface area contributed by atoms with Gasteiger partial charge in [0.2, 0.25) is 0 Å². The number of amides is 2. The number of carbonyl (C=O) groups is 3. The Morgan fingerprint density at radius 2 is 1.71 bits per heavy atom. The lowest BCUT2D eigenvalue weighted by Crippen LogP contribution is -2.50. The Kier molecular flexibility index (Phi) is 6.48. The van der Waals surface area contributed by atoms with Crippen molar-refractivity contribution >= 4 is 18.0 Å². The Labute approximate surface area is 165 Å². The van der Waals surface area contributed by atoms with E-state index in [0.717, 1.165) is 5.56 Å². The van der Waals surface area contributed by atoms with Gasteiger partial charge in [-0.3, -0.25) is 9.69 Å². The van der Waals surface area contributed by atoms with E-state index in [4.69, 9.17) is 9.47 Å². The highest BCUT2D eigenvalue weighted by molar-refractivity contribution is 5.95. The molecule has 0 saturated heterocycles. The number of ether oxygens (including phenoxy) is 2. The van der Waals surface area contributed by atoms with Crippen LogP contribution in [-0.4, -0.2) is 48.2 Å². The number of urea groups is 1. The second-order valence-electron chi connectivity index (χ2n) is 7.66. The Balaban J connectivity index is 2.50. The summed E-state index contributed by atoms with van der Waals surface area (Å²) in [7, 11) is 1.58. The molecular weight excluding hydrogens is 360 g/mol. The third-order valence-corrected chi connectivity index (χ3v) is 4.57. The molecule has 1 aliphatic rings. The minimum absolute atomic E-state index is 0.216. The predicted molar refractivity (Wildman–Crippen MR) is 104 cm³/mol. The molecule has 7 heteroatoms. The van der Waals surface area contributed by atoms with E-state index < -0.39 is 23.4 Å². The van der Waals surface area contributed by atoms with Gasteiger partial charge in [0.25, 0.3) is 0 Å². The summed E-state index contributed by atoms with van der Waals surface area (Å²) in [4.78, 5) is 40.7. The number of benzene rings is 1. The maximum Gasteiger partial charge on any atom is 0.338 e. The first-order valence-corrected chi connectivity index (χ1v) is 9.24. The second kappa shape index (κ2) is 8.46. The highest BCUT2D eigenvalue weighted by atomic mass is 16.5. The van der Waals surface area contributed by atoms with Gasteiger partial charge in [0.1, 0.15) is 0 Å². The highest BCUT2D eigenvalue weighted by Gasteiger charge is 2.42. The number of rotatable bonds is 5. The molecule has 0 radical (unpaired) electrons. The molecule has 1 heterocycles. The van der Waals surface area contributed by atoms with E-state index >= 15 is 0 Å². The Morgan fingerprint density at radius 3 is 2.25 bits per heavy atom. The molecule has 1 aromatic carbocycles. The molecule has 7 nitrogen and oxygen atoms in total. The molecule has 0 aliphatic carbocycles. The first kappa shape index (κ1) is 21.5. The van der Waals surface area contributed by atoms with Gasteiger partial charge in [0.15, 0.2) is 6.73 Å². The fourth-order valence-electron chi connectivity index (χ4n) is 2.91. The predicted octanol–water partition coefficient (Wildman–Crippen LogP) is 3.48. The van der Waals surface area contributed by atoms with Gasteiger partial charge >= 0.3 is 18.0 Å². The number of hydrogen-bond acceptors (Lipinski definition) is 5. The minimum atomic E-state index is -0.711. The molecule has 152 valence electrons. The van der Waals surface area contributed by atoms with E-state index in [2.05, 4.69) is 0 Å². The van der Waals surface area contributed by atoms with Crippen molar-refractivity contribution in [3.05, 3.63) is 47.2 Å². The maximum absolute atomic E-state index is 13.0. The largest absolute Gasteiger partial charge is 0.463 e. The summed E-state index contributed by atoms with van der Waals surface area (Å²) in [6.07, 6.45) is 0. The van der Waals surface area contributed by atoms with Crippen LogP contribution in [0, 0.1) is 5.41 Å². The van der Waals surface area contributed by atoms with Crippen LogP contribution in [0.4, 0.5) is 4.79 Å². The topological polar surface area (TPSA) is 76.2 Å². The standard InChI is InChI=1S/C21H28N2O5/c1-7-27-18(24)16-14(2)22(6)20(26)23(13-28-19(25)21(3,4)5)17(16)15-11-9-8-10-12-15/h8-12,17H,7,13H2,1-6H3. The fourth-order valence-corrected chi connectivity index (χ4v) is 2.91. The van der Waals surface area contributed by atoms with Gasteiger partial charge in [0.05, 0.1) is 23.6 Å². The molecule has 2 amide bonds. The number of nitrogens with zero attached hydrogens (tertiary/aromatic N) is 2. The van der Waals surface area contributed by atoms with Crippen molar-refractivity contribution in [3.63, 3.8) is 0 Å². The molecule has 0 fully saturated rings. The van der Waals surface area contributed by atoms with E-state index in [9.17, 15) is 14.4 Å². The van der Waals surface area contributed by atoms with E-state index in [1.807, 2.05) is 30.3 Å². The summed E-state index contributed by atoms with van der Waals surface area (Å²) >= 11 is 0. The number of hydrogen-bond donors (Lipinski definition) is 0. The van der Waals surface area contributed by atoms with Crippen molar-refractivity contribution in [1.82, 2.24) is 9.80 Å². The van der Waals surface area contributed by atoms with Gasteiger partial charge in [-0.15, -0.1) is 0 Å². The van der Waals surface area contributed by atoms with Crippen LogP contribution in [0.1, 0.15) is 46.2 Å².